The van der Waals surface area contributed by atoms with Crippen LogP contribution in [0, 0.1) is 0 Å². The van der Waals surface area contributed by atoms with Gasteiger partial charge in [-0.25, -0.2) is 0 Å². The lowest BCUT2D eigenvalue weighted by atomic mass is 9.78. The lowest BCUT2D eigenvalue weighted by molar-refractivity contribution is -0.477. The first-order valence-corrected chi connectivity index (χ1v) is 8.30. The molecule has 0 radical (unpaired) electrons. The van der Waals surface area contributed by atoms with Crippen LogP contribution in [-0.4, -0.2) is 76.5 Å². The van der Waals surface area contributed by atoms with Gasteiger partial charge in [0.25, 0.3) is 0 Å². The van der Waals surface area contributed by atoms with Crippen molar-refractivity contribution < 1.29 is 29.5 Å². The summed E-state index contributed by atoms with van der Waals surface area (Å²) in [7, 11) is 1.75. The fourth-order valence-electron chi connectivity index (χ4n) is 4.06. The van der Waals surface area contributed by atoms with E-state index in [0.29, 0.717) is 6.42 Å². The van der Waals surface area contributed by atoms with Gasteiger partial charge in [0.2, 0.25) is 12.1 Å². The van der Waals surface area contributed by atoms with Crippen LogP contribution in [0.5, 0.6) is 0 Å². The van der Waals surface area contributed by atoms with E-state index in [1.54, 1.807) is 14.0 Å². The first-order chi connectivity index (χ1) is 10.8. The normalized spacial score (nSPS) is 56.7. The third-order valence-electron chi connectivity index (χ3n) is 5.58. The Morgan fingerprint density at radius 3 is 2.61 bits per heavy atom. The van der Waals surface area contributed by atoms with Gasteiger partial charge < -0.3 is 40.6 Å². The summed E-state index contributed by atoms with van der Waals surface area (Å²) in [6.07, 6.45) is -2.34. The molecule has 8 nitrogen and oxygen atoms in total. The molecule has 0 amide bonds. The molecule has 0 aromatic heterocycles. The Kier molecular flexibility index (Phi) is 4.48. The molecule has 134 valence electrons. The molecule has 23 heavy (non-hydrogen) atoms. The largest absolute Gasteiger partial charge is 0.390 e. The molecule has 0 aromatic rings. The van der Waals surface area contributed by atoms with Crippen molar-refractivity contribution in [3.05, 3.63) is 0 Å². The molecule has 2 aliphatic heterocycles. The zero-order valence-corrected chi connectivity index (χ0v) is 13.8. The Bertz CT molecular complexity index is 454. The van der Waals surface area contributed by atoms with E-state index < -0.39 is 42.0 Å². The van der Waals surface area contributed by atoms with E-state index in [9.17, 15) is 15.3 Å². The van der Waals surface area contributed by atoms with E-state index in [-0.39, 0.29) is 25.0 Å². The lowest BCUT2D eigenvalue weighted by Gasteiger charge is -2.59. The first kappa shape index (κ1) is 17.5. The molecule has 1 saturated carbocycles. The summed E-state index contributed by atoms with van der Waals surface area (Å²) in [5.41, 5.74) is 4.61. The van der Waals surface area contributed by atoms with Crippen LogP contribution in [0.2, 0.25) is 0 Å². The second kappa shape index (κ2) is 5.89. The van der Waals surface area contributed by atoms with Crippen molar-refractivity contribution in [1.82, 2.24) is 5.32 Å². The smallest absolute Gasteiger partial charge is 0.248 e. The minimum absolute atomic E-state index is 0.230. The quantitative estimate of drug-likeness (QED) is 0.410. The first-order valence-electron chi connectivity index (χ1n) is 8.30. The van der Waals surface area contributed by atoms with Crippen LogP contribution < -0.4 is 11.1 Å². The van der Waals surface area contributed by atoms with E-state index in [1.807, 2.05) is 6.92 Å². The van der Waals surface area contributed by atoms with Crippen molar-refractivity contribution in [2.75, 3.05) is 7.05 Å². The summed E-state index contributed by atoms with van der Waals surface area (Å²) in [6.45, 7) is 3.59. The van der Waals surface area contributed by atoms with Gasteiger partial charge in [0.1, 0.15) is 11.7 Å². The predicted molar refractivity (Wildman–Crippen MR) is 80.3 cm³/mol. The maximum Gasteiger partial charge on any atom is 0.248 e. The van der Waals surface area contributed by atoms with Crippen LogP contribution in [0.4, 0.5) is 0 Å². The van der Waals surface area contributed by atoms with Crippen molar-refractivity contribution in [1.29, 1.82) is 0 Å². The van der Waals surface area contributed by atoms with E-state index in [0.717, 1.165) is 0 Å². The maximum atomic E-state index is 11.0. The van der Waals surface area contributed by atoms with Gasteiger partial charge in [-0.2, -0.15) is 0 Å². The SMILES string of the molecule is CCC1(O)CC(C)OC2OC3CC(NC)C(O)C(N)C3OC21O. The van der Waals surface area contributed by atoms with E-state index in [1.165, 1.54) is 0 Å². The van der Waals surface area contributed by atoms with Gasteiger partial charge in [-0.05, 0) is 26.8 Å². The monoisotopic (exact) mass is 332 g/mol. The molecule has 3 fully saturated rings. The standard InChI is InChI=1S/C15H28N2O6/c1-4-14(19)6-7(2)21-13-15(14,20)23-12-9(22-13)5-8(17-3)11(18)10(12)16/h7-13,17-20H,4-6,16H2,1-3H3. The number of hydrogen-bond acceptors (Lipinski definition) is 8. The molecule has 1 aliphatic carbocycles. The van der Waals surface area contributed by atoms with Crippen LogP contribution in [0.1, 0.15) is 33.1 Å². The third kappa shape index (κ3) is 2.52. The molecular formula is C15H28N2O6. The van der Waals surface area contributed by atoms with Crippen molar-refractivity contribution >= 4 is 0 Å². The van der Waals surface area contributed by atoms with Crippen molar-refractivity contribution in [3.63, 3.8) is 0 Å². The minimum Gasteiger partial charge on any atom is -0.390 e. The summed E-state index contributed by atoms with van der Waals surface area (Å²) >= 11 is 0. The van der Waals surface area contributed by atoms with Crippen LogP contribution in [-0.2, 0) is 14.2 Å². The van der Waals surface area contributed by atoms with Gasteiger partial charge in [-0.15, -0.1) is 0 Å². The molecule has 0 aromatic carbocycles. The summed E-state index contributed by atoms with van der Waals surface area (Å²) in [6, 6.07) is -0.969. The third-order valence-corrected chi connectivity index (χ3v) is 5.58. The minimum atomic E-state index is -2.00. The van der Waals surface area contributed by atoms with Gasteiger partial charge in [0.05, 0.1) is 24.4 Å². The number of fused-ring (bicyclic) bond motifs is 2. The van der Waals surface area contributed by atoms with Crippen molar-refractivity contribution in [3.8, 4) is 0 Å². The van der Waals surface area contributed by atoms with Gasteiger partial charge in [0.15, 0.2) is 0 Å². The highest BCUT2D eigenvalue weighted by atomic mass is 16.8. The topological polar surface area (TPSA) is 126 Å². The molecule has 8 heteroatoms. The fourth-order valence-corrected chi connectivity index (χ4v) is 4.06. The van der Waals surface area contributed by atoms with E-state index >= 15 is 0 Å². The molecule has 2 heterocycles. The zero-order chi connectivity index (χ0) is 17.0. The molecule has 9 atom stereocenters. The van der Waals surface area contributed by atoms with Gasteiger partial charge in [-0.1, -0.05) is 6.92 Å². The number of nitrogens with one attached hydrogen (secondary N) is 1. The van der Waals surface area contributed by atoms with E-state index in [2.05, 4.69) is 5.32 Å². The second-order valence-electron chi connectivity index (χ2n) is 7.02. The highest BCUT2D eigenvalue weighted by Crippen LogP contribution is 2.47. The number of nitrogens with two attached hydrogens (primary N) is 1. The van der Waals surface area contributed by atoms with Crippen LogP contribution in [0.15, 0.2) is 0 Å². The molecule has 2 saturated heterocycles. The van der Waals surface area contributed by atoms with Crippen LogP contribution >= 0.6 is 0 Å². The lowest BCUT2D eigenvalue weighted by Crippen LogP contribution is -2.77. The molecule has 3 aliphatic rings. The number of aliphatic hydroxyl groups excluding tert-OH is 1. The Hall–Kier alpha value is -0.320. The summed E-state index contributed by atoms with van der Waals surface area (Å²) < 4.78 is 17.5. The van der Waals surface area contributed by atoms with Gasteiger partial charge in [0, 0.05) is 12.5 Å². The molecule has 9 unspecified atom stereocenters. The maximum absolute atomic E-state index is 11.0. The fraction of sp³-hybridized carbons (Fsp3) is 1.00. The van der Waals surface area contributed by atoms with Gasteiger partial charge >= 0.3 is 0 Å². The highest BCUT2D eigenvalue weighted by Gasteiger charge is 2.66. The molecule has 0 spiro atoms. The Balaban J connectivity index is 1.90. The zero-order valence-electron chi connectivity index (χ0n) is 13.8. The highest BCUT2D eigenvalue weighted by molar-refractivity contribution is 5.08. The molecular weight excluding hydrogens is 304 g/mol. The Labute approximate surface area is 135 Å². The number of ether oxygens (including phenoxy) is 3. The van der Waals surface area contributed by atoms with Crippen LogP contribution in [0.25, 0.3) is 0 Å². The number of likely N-dealkylation sites (N-methyl/N-ethyl adjacent to an activating group) is 1. The predicted octanol–water partition coefficient (Wildman–Crippen LogP) is -1.59. The number of hydrogen-bond donors (Lipinski definition) is 5. The van der Waals surface area contributed by atoms with E-state index in [4.69, 9.17) is 19.9 Å². The average Bonchev–Trinajstić information content (AvgIpc) is 2.51. The molecule has 6 N–H and O–H groups in total. The van der Waals surface area contributed by atoms with Crippen molar-refractivity contribution in [2.24, 2.45) is 5.73 Å². The van der Waals surface area contributed by atoms with Gasteiger partial charge in [-0.3, -0.25) is 0 Å². The molecule has 0 bridgehead atoms. The van der Waals surface area contributed by atoms with Crippen LogP contribution in [0.3, 0.4) is 0 Å². The summed E-state index contributed by atoms with van der Waals surface area (Å²) in [5.74, 6) is -2.00. The summed E-state index contributed by atoms with van der Waals surface area (Å²) in [5, 5.41) is 35.2. The average molecular weight is 332 g/mol. The molecule has 3 rings (SSSR count). The second-order valence-corrected chi connectivity index (χ2v) is 7.02. The Morgan fingerprint density at radius 1 is 1.30 bits per heavy atom. The Morgan fingerprint density at radius 2 is 2.00 bits per heavy atom. The number of rotatable bonds is 2. The number of aliphatic hydroxyl groups is 3. The summed E-state index contributed by atoms with van der Waals surface area (Å²) in [4.78, 5) is 0. The van der Waals surface area contributed by atoms with Crippen molar-refractivity contribution in [2.45, 2.75) is 87.3 Å².